The van der Waals surface area contributed by atoms with E-state index >= 15 is 4.39 Å². The number of nitrogens with one attached hydrogen (secondary N) is 1. The molecule has 0 radical (unpaired) electrons. The number of aromatic nitrogens is 8. The second kappa shape index (κ2) is 13.7. The van der Waals surface area contributed by atoms with Gasteiger partial charge in [0.05, 0.1) is 25.0 Å². The number of nitrogens with zero attached hydrogens (tertiary/aromatic N) is 8. The fourth-order valence-corrected chi connectivity index (χ4v) is 5.58. The molecule has 0 spiro atoms. The molecule has 49 heavy (non-hydrogen) atoms. The minimum Gasteiger partial charge on any atom is -0.495 e. The summed E-state index contributed by atoms with van der Waals surface area (Å²) in [4.78, 5) is 39.9. The molecule has 1 unspecified atom stereocenters. The van der Waals surface area contributed by atoms with Gasteiger partial charge in [0.2, 0.25) is 0 Å². The number of amides is 1. The SMILES string of the molecule is COc1cn(C(Cc2ccccc2)c2nc(F)c(OC(=O)N(c3ccccn3)C(C)(C)C)[nH]2)c(=O)cc1-c1cc(Cl)ccc1-n1cnnn1. The zero-order chi connectivity index (χ0) is 34.7. The smallest absolute Gasteiger partial charge is 0.422 e. The zero-order valence-corrected chi connectivity index (χ0v) is 27.7. The predicted octanol–water partition coefficient (Wildman–Crippen LogP) is 6.05. The van der Waals surface area contributed by atoms with Crippen LogP contribution in [0.2, 0.25) is 5.02 Å². The van der Waals surface area contributed by atoms with E-state index in [2.05, 4.69) is 30.5 Å². The third-order valence-electron chi connectivity index (χ3n) is 7.60. The highest BCUT2D eigenvalue weighted by molar-refractivity contribution is 6.31. The van der Waals surface area contributed by atoms with Gasteiger partial charge in [-0.25, -0.2) is 9.78 Å². The number of ether oxygens (including phenoxy) is 2. The number of anilines is 1. The van der Waals surface area contributed by atoms with Crippen molar-refractivity contribution in [3.8, 4) is 28.4 Å². The molecule has 4 aromatic heterocycles. The van der Waals surface area contributed by atoms with Gasteiger partial charge in [-0.05, 0) is 67.1 Å². The number of halogens is 2. The zero-order valence-electron chi connectivity index (χ0n) is 26.9. The third kappa shape index (κ3) is 7.04. The van der Waals surface area contributed by atoms with E-state index < -0.39 is 35.1 Å². The van der Waals surface area contributed by atoms with E-state index in [-0.39, 0.29) is 12.2 Å². The molecular weight excluding hydrogens is 653 g/mol. The van der Waals surface area contributed by atoms with E-state index in [1.807, 2.05) is 30.3 Å². The Bertz CT molecular complexity index is 2130. The van der Waals surface area contributed by atoms with Crippen LogP contribution in [0.3, 0.4) is 0 Å². The van der Waals surface area contributed by atoms with Gasteiger partial charge in [-0.1, -0.05) is 48.0 Å². The average molecular weight is 684 g/mol. The molecule has 0 bridgehead atoms. The largest absolute Gasteiger partial charge is 0.495 e. The number of methoxy groups -OCH3 is 1. The Labute approximate surface area is 284 Å². The second-order valence-electron chi connectivity index (χ2n) is 11.9. The Balaban J connectivity index is 1.42. The van der Waals surface area contributed by atoms with Crippen molar-refractivity contribution in [1.82, 2.24) is 39.7 Å². The summed E-state index contributed by atoms with van der Waals surface area (Å²) >= 11 is 6.37. The summed E-state index contributed by atoms with van der Waals surface area (Å²) in [6.45, 7) is 5.39. The van der Waals surface area contributed by atoms with Crippen molar-refractivity contribution in [2.24, 2.45) is 0 Å². The van der Waals surface area contributed by atoms with Crippen LogP contribution in [0.5, 0.6) is 11.6 Å². The van der Waals surface area contributed by atoms with E-state index in [4.69, 9.17) is 21.1 Å². The molecule has 2 aromatic carbocycles. The molecule has 0 aliphatic rings. The van der Waals surface area contributed by atoms with Crippen molar-refractivity contribution >= 4 is 23.5 Å². The molecule has 15 heteroatoms. The molecule has 13 nitrogen and oxygen atoms in total. The van der Waals surface area contributed by atoms with E-state index in [1.54, 1.807) is 63.4 Å². The van der Waals surface area contributed by atoms with Crippen LogP contribution < -0.4 is 19.9 Å². The van der Waals surface area contributed by atoms with Gasteiger partial charge >= 0.3 is 6.09 Å². The number of imidazole rings is 1. The van der Waals surface area contributed by atoms with Gasteiger partial charge < -0.3 is 19.0 Å². The number of benzene rings is 2. The number of tetrazole rings is 1. The van der Waals surface area contributed by atoms with Crippen molar-refractivity contribution < 1.29 is 18.7 Å². The van der Waals surface area contributed by atoms with Crippen LogP contribution in [0.25, 0.3) is 16.8 Å². The number of carbonyl (C=O) groups is 1. The van der Waals surface area contributed by atoms with Crippen LogP contribution in [0, 0.1) is 5.95 Å². The molecule has 6 aromatic rings. The number of hydrogen-bond donors (Lipinski definition) is 1. The minimum absolute atomic E-state index is 0.0401. The Kier molecular flexibility index (Phi) is 9.23. The Hall–Kier alpha value is -5.89. The molecule has 250 valence electrons. The summed E-state index contributed by atoms with van der Waals surface area (Å²) in [6.07, 6.45) is 3.83. The lowest BCUT2D eigenvalue weighted by atomic mass is 10.0. The van der Waals surface area contributed by atoms with E-state index in [1.165, 1.54) is 39.8 Å². The van der Waals surface area contributed by atoms with E-state index in [9.17, 15) is 9.59 Å². The van der Waals surface area contributed by atoms with Crippen molar-refractivity contribution in [1.29, 1.82) is 0 Å². The van der Waals surface area contributed by atoms with Gasteiger partial charge in [-0.15, -0.1) is 5.10 Å². The Morgan fingerprint density at radius 1 is 1.06 bits per heavy atom. The molecule has 1 N–H and O–H groups in total. The van der Waals surface area contributed by atoms with E-state index in [0.29, 0.717) is 33.4 Å². The molecule has 0 aliphatic heterocycles. The van der Waals surface area contributed by atoms with Crippen LogP contribution in [0.4, 0.5) is 15.0 Å². The number of carbonyl (C=O) groups excluding carboxylic acids is 1. The maximum atomic E-state index is 15.5. The van der Waals surface area contributed by atoms with Gasteiger partial charge in [0.15, 0.2) is 0 Å². The molecular formula is C34H31ClFN9O4. The van der Waals surface area contributed by atoms with E-state index in [0.717, 1.165) is 5.56 Å². The molecule has 1 amide bonds. The quantitative estimate of drug-likeness (QED) is 0.193. The topological polar surface area (TPSA) is 146 Å². The fraction of sp³-hybridized carbons (Fsp3) is 0.206. The summed E-state index contributed by atoms with van der Waals surface area (Å²) in [5, 5.41) is 11.8. The van der Waals surface area contributed by atoms with Crippen molar-refractivity contribution in [2.75, 3.05) is 12.0 Å². The number of pyridine rings is 2. The summed E-state index contributed by atoms with van der Waals surface area (Å²) in [7, 11) is 1.47. The van der Waals surface area contributed by atoms with Gasteiger partial charge in [0.1, 0.15) is 23.7 Å². The molecule has 6 rings (SSSR count). The van der Waals surface area contributed by atoms with Gasteiger partial charge in [-0.3, -0.25) is 9.69 Å². The maximum absolute atomic E-state index is 15.5. The first kappa shape index (κ1) is 33.0. The molecule has 0 fully saturated rings. The standard InChI is InChI=1S/C34H31ClFN9O4/c1-34(2,3)45(28-12-8-9-15-37-28)33(47)49-32-30(36)39-31(40-32)26(16-21-10-6-5-7-11-21)43-19-27(48-4)24(18-29(43)46)23-17-22(35)13-14-25(23)44-20-38-41-42-44/h5-15,17-20,26H,16H2,1-4H3,(H,39,40). The van der Waals surface area contributed by atoms with Gasteiger partial charge in [-0.2, -0.15) is 14.1 Å². The molecule has 0 saturated heterocycles. The Morgan fingerprint density at radius 2 is 1.84 bits per heavy atom. The second-order valence-corrected chi connectivity index (χ2v) is 12.4. The molecule has 0 saturated carbocycles. The minimum atomic E-state index is -1.06. The average Bonchev–Trinajstić information content (AvgIpc) is 3.74. The van der Waals surface area contributed by atoms with Crippen molar-refractivity contribution in [2.45, 2.75) is 38.8 Å². The highest BCUT2D eigenvalue weighted by Crippen LogP contribution is 2.36. The van der Waals surface area contributed by atoms with Gasteiger partial charge in [0, 0.05) is 40.4 Å². The summed E-state index contributed by atoms with van der Waals surface area (Å²) in [5.74, 6) is -0.894. The number of aromatic amines is 1. The molecule has 4 heterocycles. The van der Waals surface area contributed by atoms with Crippen LogP contribution >= 0.6 is 11.6 Å². The lowest BCUT2D eigenvalue weighted by Crippen LogP contribution is -2.48. The lowest BCUT2D eigenvalue weighted by molar-refractivity contribution is 0.197. The summed E-state index contributed by atoms with van der Waals surface area (Å²) in [5.41, 5.74) is 1.13. The maximum Gasteiger partial charge on any atom is 0.422 e. The lowest BCUT2D eigenvalue weighted by Gasteiger charge is -2.33. The molecule has 1 atom stereocenters. The first-order valence-corrected chi connectivity index (χ1v) is 15.5. The monoisotopic (exact) mass is 683 g/mol. The van der Waals surface area contributed by atoms with Crippen molar-refractivity contribution in [3.05, 3.63) is 124 Å². The van der Waals surface area contributed by atoms with Gasteiger partial charge in [0.25, 0.3) is 17.4 Å². The predicted molar refractivity (Wildman–Crippen MR) is 180 cm³/mol. The third-order valence-corrected chi connectivity index (χ3v) is 7.84. The number of rotatable bonds is 9. The van der Waals surface area contributed by atoms with Crippen molar-refractivity contribution in [3.63, 3.8) is 0 Å². The fourth-order valence-electron chi connectivity index (χ4n) is 5.41. The highest BCUT2D eigenvalue weighted by atomic mass is 35.5. The van der Waals surface area contributed by atoms with Crippen LogP contribution in [0.15, 0.2) is 96.3 Å². The summed E-state index contributed by atoms with van der Waals surface area (Å²) in [6, 6.07) is 20.0. The van der Waals surface area contributed by atoms with Crippen LogP contribution in [-0.4, -0.2) is 58.5 Å². The number of H-pyrrole nitrogens is 1. The normalized spacial score (nSPS) is 12.0. The summed E-state index contributed by atoms with van der Waals surface area (Å²) < 4.78 is 29.6. The number of hydrogen-bond acceptors (Lipinski definition) is 9. The first-order chi connectivity index (χ1) is 23.5. The van der Waals surface area contributed by atoms with Crippen LogP contribution in [-0.2, 0) is 6.42 Å². The molecule has 0 aliphatic carbocycles. The highest BCUT2D eigenvalue weighted by Gasteiger charge is 2.33. The van der Waals surface area contributed by atoms with Crippen LogP contribution in [0.1, 0.15) is 38.2 Å². The Morgan fingerprint density at radius 3 is 2.51 bits per heavy atom. The first-order valence-electron chi connectivity index (χ1n) is 15.1.